The predicted octanol–water partition coefficient (Wildman–Crippen LogP) is 2.97. The van der Waals surface area contributed by atoms with Gasteiger partial charge in [-0.15, -0.1) is 0 Å². The van der Waals surface area contributed by atoms with Gasteiger partial charge in [0.2, 0.25) is 5.43 Å². The number of H-pyrrole nitrogens is 1. The summed E-state index contributed by atoms with van der Waals surface area (Å²) in [5.41, 5.74) is 1.94. The highest BCUT2D eigenvalue weighted by atomic mass is 16.5. The first-order chi connectivity index (χ1) is 11.0. The first-order valence-electron chi connectivity index (χ1n) is 7.32. The van der Waals surface area contributed by atoms with Crippen LogP contribution in [0.1, 0.15) is 12.5 Å². The number of rotatable bonds is 1. The third-order valence-corrected chi connectivity index (χ3v) is 4.35. The molecule has 1 aromatic heterocycles. The van der Waals surface area contributed by atoms with Crippen molar-refractivity contribution in [3.8, 4) is 17.2 Å². The monoisotopic (exact) mass is 309 g/mol. The molecule has 5 nitrogen and oxygen atoms in total. The molecule has 2 aromatic carbocycles. The fraction of sp³-hybridized carbons (Fsp3) is 0.167. The Hall–Kier alpha value is -2.95. The average Bonchev–Trinajstić information content (AvgIpc) is 2.93. The van der Waals surface area contributed by atoms with Crippen LogP contribution in [0.3, 0.4) is 0 Å². The van der Waals surface area contributed by atoms with Gasteiger partial charge in [0.25, 0.3) is 0 Å². The maximum absolute atomic E-state index is 12.7. The second-order valence-electron chi connectivity index (χ2n) is 5.94. The number of ether oxygens (including phenoxy) is 1. The van der Waals surface area contributed by atoms with E-state index < -0.39 is 0 Å². The SMILES string of the molecule is C=C(C)[C@@H]1Cc2c(cc3[nH]c4c(O)cccc4c(=O)c3c2O)O1. The van der Waals surface area contributed by atoms with Crippen LogP contribution in [0.25, 0.3) is 21.8 Å². The summed E-state index contributed by atoms with van der Waals surface area (Å²) in [4.78, 5) is 15.7. The summed E-state index contributed by atoms with van der Waals surface area (Å²) in [6.07, 6.45) is 0.287. The van der Waals surface area contributed by atoms with Crippen molar-refractivity contribution in [3.05, 3.63) is 52.2 Å². The van der Waals surface area contributed by atoms with Crippen molar-refractivity contribution in [2.24, 2.45) is 0 Å². The maximum Gasteiger partial charge on any atom is 0.201 e. The number of para-hydroxylation sites is 1. The highest BCUT2D eigenvalue weighted by molar-refractivity contribution is 5.99. The second kappa shape index (κ2) is 4.52. The average molecular weight is 309 g/mol. The molecule has 1 atom stereocenters. The predicted molar refractivity (Wildman–Crippen MR) is 88.3 cm³/mol. The molecule has 0 radical (unpaired) electrons. The summed E-state index contributed by atoms with van der Waals surface area (Å²) in [5.74, 6) is 0.461. The van der Waals surface area contributed by atoms with Gasteiger partial charge in [-0.2, -0.15) is 0 Å². The lowest BCUT2D eigenvalue weighted by Crippen LogP contribution is -2.13. The number of aromatic amines is 1. The third-order valence-electron chi connectivity index (χ3n) is 4.35. The Morgan fingerprint density at radius 3 is 2.91 bits per heavy atom. The molecular formula is C18H15NO4. The molecule has 5 heteroatoms. The standard InChI is InChI=1S/C18H15NO4/c1-8(2)13-6-10-14(23-13)7-11-15(18(10)22)17(21)9-4-3-5-12(20)16(9)19-11/h3-5,7,13,20,22H,1,6H2,2H3,(H,19,21)/t13-/m0/s1. The molecule has 0 saturated heterocycles. The van der Waals surface area contributed by atoms with E-state index in [1.807, 2.05) is 6.92 Å². The van der Waals surface area contributed by atoms with Crippen LogP contribution in [-0.2, 0) is 6.42 Å². The number of aromatic nitrogens is 1. The van der Waals surface area contributed by atoms with Crippen LogP contribution in [0.15, 0.2) is 41.2 Å². The van der Waals surface area contributed by atoms with Crippen molar-refractivity contribution < 1.29 is 14.9 Å². The van der Waals surface area contributed by atoms with Crippen molar-refractivity contribution in [2.45, 2.75) is 19.4 Å². The summed E-state index contributed by atoms with van der Waals surface area (Å²) in [5, 5.41) is 21.1. The zero-order chi connectivity index (χ0) is 16.3. The van der Waals surface area contributed by atoms with Crippen molar-refractivity contribution in [3.63, 3.8) is 0 Å². The quantitative estimate of drug-likeness (QED) is 0.477. The highest BCUT2D eigenvalue weighted by Crippen LogP contribution is 2.41. The summed E-state index contributed by atoms with van der Waals surface area (Å²) < 4.78 is 5.80. The lowest BCUT2D eigenvalue weighted by molar-refractivity contribution is 0.271. The van der Waals surface area contributed by atoms with Gasteiger partial charge in [-0.1, -0.05) is 12.6 Å². The van der Waals surface area contributed by atoms with Gasteiger partial charge in [0.1, 0.15) is 23.4 Å². The minimum Gasteiger partial charge on any atom is -0.507 e. The highest BCUT2D eigenvalue weighted by Gasteiger charge is 2.29. The van der Waals surface area contributed by atoms with Gasteiger partial charge >= 0.3 is 0 Å². The number of pyridine rings is 1. The number of phenols is 2. The largest absolute Gasteiger partial charge is 0.507 e. The minimum absolute atomic E-state index is 0.0118. The summed E-state index contributed by atoms with van der Waals surface area (Å²) >= 11 is 0. The molecule has 1 aliphatic heterocycles. The molecule has 116 valence electrons. The van der Waals surface area contributed by atoms with Crippen LogP contribution in [0.4, 0.5) is 0 Å². The van der Waals surface area contributed by atoms with Crippen molar-refractivity contribution in [2.75, 3.05) is 0 Å². The fourth-order valence-electron chi connectivity index (χ4n) is 3.10. The minimum atomic E-state index is -0.316. The Balaban J connectivity index is 2.10. The molecule has 0 saturated carbocycles. The van der Waals surface area contributed by atoms with E-state index in [2.05, 4.69) is 11.6 Å². The van der Waals surface area contributed by atoms with Gasteiger partial charge < -0.3 is 19.9 Å². The summed E-state index contributed by atoms with van der Waals surface area (Å²) in [6, 6.07) is 6.42. The van der Waals surface area contributed by atoms with Gasteiger partial charge in [0.05, 0.1) is 21.8 Å². The molecule has 3 aromatic rings. The molecule has 23 heavy (non-hydrogen) atoms. The van der Waals surface area contributed by atoms with E-state index in [1.54, 1.807) is 18.2 Å². The Bertz CT molecular complexity index is 1050. The first kappa shape index (κ1) is 13.7. The van der Waals surface area contributed by atoms with Crippen LogP contribution < -0.4 is 10.2 Å². The molecular weight excluding hydrogens is 294 g/mol. The van der Waals surface area contributed by atoms with Crippen LogP contribution >= 0.6 is 0 Å². The molecule has 1 aliphatic rings. The molecule has 4 rings (SSSR count). The number of phenolic OH excluding ortho intramolecular Hbond substituents is 2. The molecule has 0 aliphatic carbocycles. The van der Waals surface area contributed by atoms with E-state index in [0.717, 1.165) is 5.57 Å². The van der Waals surface area contributed by atoms with E-state index in [0.29, 0.717) is 34.2 Å². The molecule has 0 spiro atoms. The number of hydrogen-bond acceptors (Lipinski definition) is 4. The van der Waals surface area contributed by atoms with Crippen molar-refractivity contribution in [1.82, 2.24) is 4.98 Å². The van der Waals surface area contributed by atoms with Crippen molar-refractivity contribution >= 4 is 21.8 Å². The molecule has 0 bridgehead atoms. The molecule has 0 amide bonds. The van der Waals surface area contributed by atoms with E-state index >= 15 is 0 Å². The zero-order valence-corrected chi connectivity index (χ0v) is 12.5. The Morgan fingerprint density at radius 1 is 1.39 bits per heavy atom. The lowest BCUT2D eigenvalue weighted by Gasteiger charge is -2.10. The summed E-state index contributed by atoms with van der Waals surface area (Å²) in [7, 11) is 0. The Kier molecular flexibility index (Phi) is 2.69. The van der Waals surface area contributed by atoms with Gasteiger partial charge in [-0.25, -0.2) is 0 Å². The Labute approximate surface area is 131 Å². The molecule has 3 N–H and O–H groups in total. The number of fused-ring (bicyclic) bond motifs is 3. The van der Waals surface area contributed by atoms with E-state index in [9.17, 15) is 15.0 Å². The fourth-order valence-corrected chi connectivity index (χ4v) is 3.10. The Morgan fingerprint density at radius 2 is 2.17 bits per heavy atom. The van der Waals surface area contributed by atoms with E-state index in [1.165, 1.54) is 6.07 Å². The molecule has 2 heterocycles. The summed E-state index contributed by atoms with van der Waals surface area (Å²) in [6.45, 7) is 5.75. The number of aromatic hydroxyl groups is 2. The zero-order valence-electron chi connectivity index (χ0n) is 12.5. The van der Waals surface area contributed by atoms with Gasteiger partial charge in [-0.3, -0.25) is 4.79 Å². The number of hydrogen-bond donors (Lipinski definition) is 3. The first-order valence-corrected chi connectivity index (χ1v) is 7.32. The molecule has 0 unspecified atom stereocenters. The van der Waals surface area contributed by atoms with Gasteiger partial charge in [-0.05, 0) is 24.6 Å². The maximum atomic E-state index is 12.7. The molecule has 0 fully saturated rings. The van der Waals surface area contributed by atoms with Gasteiger partial charge in [0.15, 0.2) is 0 Å². The smallest absolute Gasteiger partial charge is 0.201 e. The second-order valence-corrected chi connectivity index (χ2v) is 5.94. The van der Waals surface area contributed by atoms with Gasteiger partial charge in [0, 0.05) is 18.1 Å². The topological polar surface area (TPSA) is 82.5 Å². The van der Waals surface area contributed by atoms with Crippen LogP contribution in [0.5, 0.6) is 17.2 Å². The van der Waals surface area contributed by atoms with E-state index in [4.69, 9.17) is 4.74 Å². The third kappa shape index (κ3) is 1.83. The van der Waals surface area contributed by atoms with Crippen LogP contribution in [0.2, 0.25) is 0 Å². The van der Waals surface area contributed by atoms with Crippen LogP contribution in [-0.4, -0.2) is 21.3 Å². The number of benzene rings is 2. The van der Waals surface area contributed by atoms with E-state index in [-0.39, 0.29) is 28.4 Å². The normalized spacial score (nSPS) is 16.5. The van der Waals surface area contributed by atoms with Crippen molar-refractivity contribution in [1.29, 1.82) is 0 Å². The van der Waals surface area contributed by atoms with Crippen LogP contribution in [0, 0.1) is 0 Å². The number of nitrogens with one attached hydrogen (secondary N) is 1. The lowest BCUT2D eigenvalue weighted by atomic mass is 10.0.